The van der Waals surface area contributed by atoms with E-state index in [4.69, 9.17) is 4.74 Å². The van der Waals surface area contributed by atoms with Crippen LogP contribution in [0.4, 0.5) is 0 Å². The first kappa shape index (κ1) is 16.4. The number of piperidine rings is 1. The van der Waals surface area contributed by atoms with E-state index in [2.05, 4.69) is 10.3 Å². The maximum Gasteiger partial charge on any atom is 0.323 e. The van der Waals surface area contributed by atoms with Crippen molar-refractivity contribution in [2.45, 2.75) is 38.8 Å². The lowest BCUT2D eigenvalue weighted by molar-refractivity contribution is -0.151. The zero-order valence-corrected chi connectivity index (χ0v) is 13.0. The number of carbonyl (C=O) groups excluding carboxylic acids is 2. The number of aromatic nitrogens is 1. The predicted molar refractivity (Wildman–Crippen MR) is 81.9 cm³/mol. The fourth-order valence-corrected chi connectivity index (χ4v) is 2.63. The Hall–Kier alpha value is -1.95. The van der Waals surface area contributed by atoms with Gasteiger partial charge in [-0.15, -0.1) is 0 Å². The normalized spacial score (nSPS) is 18.7. The monoisotopic (exact) mass is 305 g/mol. The highest BCUT2D eigenvalue weighted by molar-refractivity contribution is 5.80. The lowest BCUT2D eigenvalue weighted by Gasteiger charge is -2.33. The zero-order chi connectivity index (χ0) is 15.8. The summed E-state index contributed by atoms with van der Waals surface area (Å²) in [5.74, 6) is -0.303. The number of nitrogens with one attached hydrogen (secondary N) is 1. The van der Waals surface area contributed by atoms with Crippen LogP contribution < -0.4 is 5.32 Å². The number of amides is 1. The molecule has 1 saturated heterocycles. The first-order chi connectivity index (χ1) is 10.7. The summed E-state index contributed by atoms with van der Waals surface area (Å²) < 4.78 is 5.10. The molecule has 6 nitrogen and oxygen atoms in total. The van der Waals surface area contributed by atoms with Crippen LogP contribution in [0.2, 0.25) is 0 Å². The predicted octanol–water partition coefficient (Wildman–Crippen LogP) is 1.12. The molecule has 1 aliphatic heterocycles. The van der Waals surface area contributed by atoms with Gasteiger partial charge in [0, 0.05) is 18.9 Å². The largest absolute Gasteiger partial charge is 0.465 e. The highest BCUT2D eigenvalue weighted by Crippen LogP contribution is 2.17. The van der Waals surface area contributed by atoms with Gasteiger partial charge in [0.1, 0.15) is 6.04 Å². The van der Waals surface area contributed by atoms with Crippen molar-refractivity contribution < 1.29 is 14.3 Å². The molecule has 1 aromatic heterocycles. The fraction of sp³-hybridized carbons (Fsp3) is 0.562. The van der Waals surface area contributed by atoms with Crippen LogP contribution in [-0.4, -0.2) is 47.5 Å². The van der Waals surface area contributed by atoms with E-state index in [9.17, 15) is 9.59 Å². The molecule has 120 valence electrons. The number of rotatable bonds is 6. The van der Waals surface area contributed by atoms with Gasteiger partial charge in [-0.2, -0.15) is 0 Å². The minimum atomic E-state index is -0.294. The van der Waals surface area contributed by atoms with Gasteiger partial charge in [0.2, 0.25) is 5.91 Å². The molecular weight excluding hydrogens is 282 g/mol. The van der Waals surface area contributed by atoms with Gasteiger partial charge in [0.05, 0.1) is 13.2 Å². The molecule has 2 heterocycles. The highest BCUT2D eigenvalue weighted by Gasteiger charge is 2.30. The Morgan fingerprint density at radius 3 is 3.05 bits per heavy atom. The number of nitrogens with zero attached hydrogens (tertiary/aromatic N) is 2. The summed E-state index contributed by atoms with van der Waals surface area (Å²) in [5.41, 5.74) is 0.955. The summed E-state index contributed by atoms with van der Waals surface area (Å²) in [6.07, 6.45) is 6.18. The Labute approximate surface area is 130 Å². The van der Waals surface area contributed by atoms with E-state index in [0.29, 0.717) is 13.2 Å². The summed E-state index contributed by atoms with van der Waals surface area (Å²) in [5, 5.41) is 2.87. The Kier molecular flexibility index (Phi) is 6.33. The molecular formula is C16H23N3O3. The van der Waals surface area contributed by atoms with Crippen LogP contribution in [0.25, 0.3) is 0 Å². The molecule has 0 radical (unpaired) electrons. The molecule has 0 aliphatic carbocycles. The molecule has 1 atom stereocenters. The van der Waals surface area contributed by atoms with Crippen LogP contribution in [0, 0.1) is 0 Å². The van der Waals surface area contributed by atoms with Crippen molar-refractivity contribution >= 4 is 11.9 Å². The first-order valence-corrected chi connectivity index (χ1v) is 7.77. The van der Waals surface area contributed by atoms with Gasteiger partial charge in [-0.25, -0.2) is 0 Å². The van der Waals surface area contributed by atoms with Gasteiger partial charge in [-0.1, -0.05) is 12.5 Å². The molecule has 22 heavy (non-hydrogen) atoms. The molecule has 1 unspecified atom stereocenters. The molecule has 1 N–H and O–H groups in total. The molecule has 1 aliphatic rings. The van der Waals surface area contributed by atoms with E-state index in [1.54, 1.807) is 19.3 Å². The summed E-state index contributed by atoms with van der Waals surface area (Å²) in [6, 6.07) is 3.45. The molecule has 2 rings (SSSR count). The maximum absolute atomic E-state index is 12.1. The number of esters is 1. The van der Waals surface area contributed by atoms with Crippen molar-refractivity contribution in [1.29, 1.82) is 0 Å². The third-order valence-electron chi connectivity index (χ3n) is 3.73. The number of hydrogen-bond donors (Lipinski definition) is 1. The van der Waals surface area contributed by atoms with Crippen molar-refractivity contribution in [1.82, 2.24) is 15.2 Å². The smallest absolute Gasteiger partial charge is 0.323 e. The second-order valence-electron chi connectivity index (χ2n) is 5.37. The van der Waals surface area contributed by atoms with E-state index in [0.717, 1.165) is 31.4 Å². The Morgan fingerprint density at radius 2 is 2.32 bits per heavy atom. The van der Waals surface area contributed by atoms with E-state index in [1.165, 1.54) is 0 Å². The van der Waals surface area contributed by atoms with Crippen LogP contribution in [0.15, 0.2) is 24.5 Å². The third-order valence-corrected chi connectivity index (χ3v) is 3.73. The van der Waals surface area contributed by atoms with Crippen molar-refractivity contribution in [2.24, 2.45) is 0 Å². The van der Waals surface area contributed by atoms with Crippen molar-refractivity contribution in [3.05, 3.63) is 30.1 Å². The van der Waals surface area contributed by atoms with Crippen LogP contribution >= 0.6 is 0 Å². The molecule has 0 bridgehead atoms. The summed E-state index contributed by atoms with van der Waals surface area (Å²) >= 11 is 0. The van der Waals surface area contributed by atoms with Gasteiger partial charge in [0.15, 0.2) is 0 Å². The van der Waals surface area contributed by atoms with Crippen LogP contribution in [-0.2, 0) is 20.9 Å². The Balaban J connectivity index is 1.84. The van der Waals surface area contributed by atoms with Crippen LogP contribution in [0.5, 0.6) is 0 Å². The quantitative estimate of drug-likeness (QED) is 0.797. The first-order valence-electron chi connectivity index (χ1n) is 7.77. The molecule has 1 amide bonds. The van der Waals surface area contributed by atoms with E-state index < -0.39 is 0 Å². The van der Waals surface area contributed by atoms with E-state index in [1.807, 2.05) is 17.0 Å². The van der Waals surface area contributed by atoms with Gasteiger partial charge in [-0.3, -0.25) is 19.5 Å². The molecule has 0 spiro atoms. The lowest BCUT2D eigenvalue weighted by atomic mass is 10.0. The highest BCUT2D eigenvalue weighted by atomic mass is 16.5. The summed E-state index contributed by atoms with van der Waals surface area (Å²) in [6.45, 7) is 3.60. The number of likely N-dealkylation sites (tertiary alicyclic amines) is 1. The number of hydrogen-bond acceptors (Lipinski definition) is 5. The Bertz CT molecular complexity index is 493. The van der Waals surface area contributed by atoms with Crippen LogP contribution in [0.1, 0.15) is 31.7 Å². The lowest BCUT2D eigenvalue weighted by Crippen LogP contribution is -2.49. The standard InChI is InChI=1S/C16H23N3O3/c1-2-22-16(21)14-7-3-4-9-19(14)12-15(20)18-11-13-6-5-8-17-10-13/h5-6,8,10,14H,2-4,7,9,11-12H2,1H3,(H,18,20). The maximum atomic E-state index is 12.1. The zero-order valence-electron chi connectivity index (χ0n) is 13.0. The molecule has 0 aromatic carbocycles. The molecule has 6 heteroatoms. The van der Waals surface area contributed by atoms with Gasteiger partial charge >= 0.3 is 5.97 Å². The minimum Gasteiger partial charge on any atom is -0.465 e. The number of ether oxygens (including phenoxy) is 1. The average Bonchev–Trinajstić information content (AvgIpc) is 2.54. The molecule has 1 aromatic rings. The van der Waals surface area contributed by atoms with Crippen molar-refractivity contribution in [3.63, 3.8) is 0 Å². The van der Waals surface area contributed by atoms with E-state index in [-0.39, 0.29) is 24.5 Å². The molecule has 1 fully saturated rings. The van der Waals surface area contributed by atoms with Gasteiger partial charge in [0.25, 0.3) is 0 Å². The van der Waals surface area contributed by atoms with Crippen molar-refractivity contribution in [3.8, 4) is 0 Å². The SMILES string of the molecule is CCOC(=O)C1CCCCN1CC(=O)NCc1cccnc1. The minimum absolute atomic E-state index is 0.0833. The Morgan fingerprint density at radius 1 is 1.45 bits per heavy atom. The van der Waals surface area contributed by atoms with Crippen LogP contribution in [0.3, 0.4) is 0 Å². The van der Waals surface area contributed by atoms with Gasteiger partial charge in [-0.05, 0) is 37.9 Å². The van der Waals surface area contributed by atoms with E-state index >= 15 is 0 Å². The average molecular weight is 305 g/mol. The summed E-state index contributed by atoms with van der Waals surface area (Å²) in [7, 11) is 0. The third kappa shape index (κ3) is 4.80. The second kappa shape index (κ2) is 8.48. The van der Waals surface area contributed by atoms with Crippen molar-refractivity contribution in [2.75, 3.05) is 19.7 Å². The number of carbonyl (C=O) groups is 2. The summed E-state index contributed by atoms with van der Waals surface area (Å²) in [4.78, 5) is 30.0. The topological polar surface area (TPSA) is 71.5 Å². The fourth-order valence-electron chi connectivity index (χ4n) is 2.63. The molecule has 0 saturated carbocycles. The van der Waals surface area contributed by atoms with Gasteiger partial charge < -0.3 is 10.1 Å². The second-order valence-corrected chi connectivity index (χ2v) is 5.37. The number of pyridine rings is 1.